The monoisotopic (exact) mass is 222 g/mol. The third kappa shape index (κ3) is 3.54. The summed E-state index contributed by atoms with van der Waals surface area (Å²) in [6.45, 7) is 4.40. The van der Waals surface area contributed by atoms with Gasteiger partial charge in [-0.1, -0.05) is 26.7 Å². The van der Waals surface area contributed by atoms with Gasteiger partial charge in [-0.05, 0) is 18.8 Å². The molecule has 0 saturated heterocycles. The molecular formula is C12H22N4. The molecule has 4 nitrogen and oxygen atoms in total. The van der Waals surface area contributed by atoms with Crippen LogP contribution in [0, 0.1) is 5.92 Å². The number of hydrogen-bond donors (Lipinski definition) is 2. The highest BCUT2D eigenvalue weighted by Gasteiger charge is 2.21. The van der Waals surface area contributed by atoms with E-state index in [4.69, 9.17) is 5.84 Å². The fraction of sp³-hybridized carbons (Fsp3) is 0.667. The Balaban J connectivity index is 2.77. The average molecular weight is 222 g/mol. The second-order valence-corrected chi connectivity index (χ2v) is 4.11. The van der Waals surface area contributed by atoms with Crippen molar-refractivity contribution in [3.63, 3.8) is 0 Å². The van der Waals surface area contributed by atoms with Crippen molar-refractivity contribution < 1.29 is 0 Å². The fourth-order valence-electron chi connectivity index (χ4n) is 2.15. The minimum Gasteiger partial charge on any atom is -0.271 e. The van der Waals surface area contributed by atoms with E-state index in [0.717, 1.165) is 5.69 Å². The summed E-state index contributed by atoms with van der Waals surface area (Å²) in [7, 11) is 0. The lowest BCUT2D eigenvalue weighted by Gasteiger charge is -2.25. The molecular weight excluding hydrogens is 200 g/mol. The van der Waals surface area contributed by atoms with Gasteiger partial charge in [-0.15, -0.1) is 0 Å². The standard InChI is InChI=1S/C12H22N4/c1-3-5-10(6-4-2)12(16-13)11-9-14-7-8-15-11/h7-10,12,16H,3-6,13H2,1-2H3. The first-order valence-corrected chi connectivity index (χ1v) is 6.05. The summed E-state index contributed by atoms with van der Waals surface area (Å²) in [5.74, 6) is 6.19. The zero-order valence-corrected chi connectivity index (χ0v) is 10.2. The summed E-state index contributed by atoms with van der Waals surface area (Å²) in [6.07, 6.45) is 9.87. The molecule has 0 aliphatic rings. The van der Waals surface area contributed by atoms with Gasteiger partial charge >= 0.3 is 0 Å². The molecule has 1 heterocycles. The van der Waals surface area contributed by atoms with E-state index in [-0.39, 0.29) is 6.04 Å². The van der Waals surface area contributed by atoms with E-state index < -0.39 is 0 Å². The molecule has 0 bridgehead atoms. The highest BCUT2D eigenvalue weighted by atomic mass is 15.2. The first kappa shape index (κ1) is 13.1. The van der Waals surface area contributed by atoms with E-state index in [2.05, 4.69) is 29.2 Å². The van der Waals surface area contributed by atoms with Crippen molar-refractivity contribution in [1.29, 1.82) is 0 Å². The van der Waals surface area contributed by atoms with Crippen LogP contribution in [-0.4, -0.2) is 9.97 Å². The van der Waals surface area contributed by atoms with Gasteiger partial charge in [0, 0.05) is 12.4 Å². The summed E-state index contributed by atoms with van der Waals surface area (Å²) in [5, 5.41) is 0. The number of nitrogens with two attached hydrogens (primary N) is 1. The van der Waals surface area contributed by atoms with Crippen LogP contribution < -0.4 is 11.3 Å². The van der Waals surface area contributed by atoms with Crippen molar-refractivity contribution in [1.82, 2.24) is 15.4 Å². The van der Waals surface area contributed by atoms with E-state index in [1.165, 1.54) is 25.7 Å². The molecule has 1 atom stereocenters. The zero-order chi connectivity index (χ0) is 11.8. The van der Waals surface area contributed by atoms with Crippen LogP contribution >= 0.6 is 0 Å². The highest BCUT2D eigenvalue weighted by Crippen LogP contribution is 2.27. The molecule has 90 valence electrons. The van der Waals surface area contributed by atoms with E-state index in [9.17, 15) is 0 Å². The molecule has 0 radical (unpaired) electrons. The van der Waals surface area contributed by atoms with Crippen LogP contribution in [0.5, 0.6) is 0 Å². The predicted octanol–water partition coefficient (Wildman–Crippen LogP) is 2.20. The lowest BCUT2D eigenvalue weighted by Crippen LogP contribution is -2.34. The van der Waals surface area contributed by atoms with Gasteiger partial charge in [-0.3, -0.25) is 21.2 Å². The van der Waals surface area contributed by atoms with Crippen molar-refractivity contribution in [3.8, 4) is 0 Å². The predicted molar refractivity (Wildman–Crippen MR) is 65.4 cm³/mol. The number of nitrogens with one attached hydrogen (secondary N) is 1. The van der Waals surface area contributed by atoms with Crippen LogP contribution in [0.4, 0.5) is 0 Å². The van der Waals surface area contributed by atoms with Crippen LogP contribution in [-0.2, 0) is 0 Å². The molecule has 1 rings (SSSR count). The number of hydrazine groups is 1. The summed E-state index contributed by atoms with van der Waals surface area (Å²) < 4.78 is 0. The van der Waals surface area contributed by atoms with Gasteiger partial charge in [0.25, 0.3) is 0 Å². The number of hydrogen-bond acceptors (Lipinski definition) is 4. The van der Waals surface area contributed by atoms with Crippen LogP contribution in [0.2, 0.25) is 0 Å². The lowest BCUT2D eigenvalue weighted by atomic mass is 9.89. The Bertz CT molecular complexity index is 270. The van der Waals surface area contributed by atoms with E-state index in [1.807, 2.05) is 0 Å². The van der Waals surface area contributed by atoms with Crippen molar-refractivity contribution in [3.05, 3.63) is 24.3 Å². The summed E-state index contributed by atoms with van der Waals surface area (Å²) in [6, 6.07) is 0.119. The Kier molecular flexibility index (Phi) is 5.96. The summed E-state index contributed by atoms with van der Waals surface area (Å²) >= 11 is 0. The Morgan fingerprint density at radius 2 is 1.94 bits per heavy atom. The third-order valence-electron chi connectivity index (χ3n) is 2.87. The Morgan fingerprint density at radius 3 is 2.38 bits per heavy atom. The van der Waals surface area contributed by atoms with Crippen molar-refractivity contribution in [2.24, 2.45) is 11.8 Å². The minimum atomic E-state index is 0.119. The average Bonchev–Trinajstić information content (AvgIpc) is 2.32. The molecule has 0 amide bonds. The van der Waals surface area contributed by atoms with Gasteiger partial charge < -0.3 is 0 Å². The zero-order valence-electron chi connectivity index (χ0n) is 10.2. The third-order valence-corrected chi connectivity index (χ3v) is 2.87. The van der Waals surface area contributed by atoms with Crippen LogP contribution in [0.15, 0.2) is 18.6 Å². The van der Waals surface area contributed by atoms with Crippen LogP contribution in [0.25, 0.3) is 0 Å². The molecule has 0 aliphatic heterocycles. The fourth-order valence-corrected chi connectivity index (χ4v) is 2.15. The lowest BCUT2D eigenvalue weighted by molar-refractivity contribution is 0.313. The molecule has 0 aliphatic carbocycles. The molecule has 0 spiro atoms. The molecule has 1 unspecified atom stereocenters. The first-order chi connectivity index (χ1) is 7.83. The molecule has 1 aromatic rings. The molecule has 3 N–H and O–H groups in total. The van der Waals surface area contributed by atoms with Crippen LogP contribution in [0.1, 0.15) is 51.3 Å². The normalized spacial score (nSPS) is 13.0. The van der Waals surface area contributed by atoms with Gasteiger partial charge in [-0.25, -0.2) is 0 Å². The second-order valence-electron chi connectivity index (χ2n) is 4.11. The quantitative estimate of drug-likeness (QED) is 0.548. The molecule has 16 heavy (non-hydrogen) atoms. The second kappa shape index (κ2) is 7.30. The number of rotatable bonds is 7. The molecule has 0 saturated carbocycles. The van der Waals surface area contributed by atoms with Gasteiger partial charge in [-0.2, -0.15) is 0 Å². The maximum Gasteiger partial charge on any atom is 0.0772 e. The molecule has 0 aromatic carbocycles. The molecule has 0 fully saturated rings. The van der Waals surface area contributed by atoms with Crippen molar-refractivity contribution >= 4 is 0 Å². The smallest absolute Gasteiger partial charge is 0.0772 e. The summed E-state index contributed by atoms with van der Waals surface area (Å²) in [5.41, 5.74) is 3.83. The minimum absolute atomic E-state index is 0.119. The maximum atomic E-state index is 5.65. The maximum absolute atomic E-state index is 5.65. The van der Waals surface area contributed by atoms with Crippen molar-refractivity contribution in [2.75, 3.05) is 0 Å². The largest absolute Gasteiger partial charge is 0.271 e. The van der Waals surface area contributed by atoms with Crippen LogP contribution in [0.3, 0.4) is 0 Å². The molecule has 4 heteroatoms. The Hall–Kier alpha value is -1.00. The number of aromatic nitrogens is 2. The van der Waals surface area contributed by atoms with Gasteiger partial charge in [0.05, 0.1) is 17.9 Å². The highest BCUT2D eigenvalue weighted by molar-refractivity contribution is 5.03. The van der Waals surface area contributed by atoms with Gasteiger partial charge in [0.2, 0.25) is 0 Å². The van der Waals surface area contributed by atoms with Crippen molar-refractivity contribution in [2.45, 2.75) is 45.6 Å². The van der Waals surface area contributed by atoms with E-state index in [0.29, 0.717) is 5.92 Å². The first-order valence-electron chi connectivity index (χ1n) is 6.05. The van der Waals surface area contributed by atoms with E-state index in [1.54, 1.807) is 18.6 Å². The van der Waals surface area contributed by atoms with Gasteiger partial charge in [0.15, 0.2) is 0 Å². The Labute approximate surface area is 97.7 Å². The van der Waals surface area contributed by atoms with E-state index >= 15 is 0 Å². The topological polar surface area (TPSA) is 63.8 Å². The Morgan fingerprint density at radius 1 is 1.25 bits per heavy atom. The summed E-state index contributed by atoms with van der Waals surface area (Å²) in [4.78, 5) is 8.43. The number of nitrogens with zero attached hydrogens (tertiary/aromatic N) is 2. The van der Waals surface area contributed by atoms with Gasteiger partial charge in [0.1, 0.15) is 0 Å². The molecule has 1 aromatic heterocycles. The SMILES string of the molecule is CCCC(CCC)C(NN)c1cnccn1.